The number of rotatable bonds is 6. The standard InChI is InChI=1S/C21H19N5OS2/c1-15-7-6-10-19(11-15)26(16(2)27)21-23-17(13-29-21)12-28-20-22-14-25(24-20)18-8-4-3-5-9-18/h3-11,13-14H,12H2,1-2H3. The van der Waals surface area contributed by atoms with Gasteiger partial charge in [0, 0.05) is 18.1 Å². The summed E-state index contributed by atoms with van der Waals surface area (Å²) in [5, 5.41) is 7.83. The molecule has 2 aromatic carbocycles. The molecule has 4 rings (SSSR count). The van der Waals surface area contributed by atoms with E-state index in [1.54, 1.807) is 22.8 Å². The van der Waals surface area contributed by atoms with Crippen LogP contribution in [-0.4, -0.2) is 25.7 Å². The molecule has 0 N–H and O–H groups in total. The number of thiazole rings is 1. The maximum absolute atomic E-state index is 12.2. The molecule has 0 saturated heterocycles. The Morgan fingerprint density at radius 3 is 2.76 bits per heavy atom. The lowest BCUT2D eigenvalue weighted by Crippen LogP contribution is -2.22. The van der Waals surface area contributed by atoms with Crippen molar-refractivity contribution in [2.24, 2.45) is 0 Å². The van der Waals surface area contributed by atoms with Crippen LogP contribution in [-0.2, 0) is 10.5 Å². The molecular weight excluding hydrogens is 402 g/mol. The lowest BCUT2D eigenvalue weighted by Gasteiger charge is -2.18. The summed E-state index contributed by atoms with van der Waals surface area (Å²) >= 11 is 2.98. The number of aryl methyl sites for hydroxylation is 1. The van der Waals surface area contributed by atoms with Crippen LogP contribution in [0, 0.1) is 6.92 Å². The van der Waals surface area contributed by atoms with E-state index in [9.17, 15) is 4.79 Å². The fourth-order valence-corrected chi connectivity index (χ4v) is 4.50. The predicted octanol–water partition coefficient (Wildman–Crippen LogP) is 5.01. The maximum Gasteiger partial charge on any atom is 0.230 e. The number of hydrogen-bond donors (Lipinski definition) is 0. The molecule has 0 atom stereocenters. The summed E-state index contributed by atoms with van der Waals surface area (Å²) in [6, 6.07) is 17.7. The Hall–Kier alpha value is -2.97. The van der Waals surface area contributed by atoms with E-state index in [1.807, 2.05) is 66.9 Å². The van der Waals surface area contributed by atoms with Crippen molar-refractivity contribution in [1.82, 2.24) is 19.7 Å². The Balaban J connectivity index is 1.46. The van der Waals surface area contributed by atoms with Gasteiger partial charge in [-0.1, -0.05) is 42.1 Å². The molecule has 2 aromatic heterocycles. The zero-order chi connectivity index (χ0) is 20.2. The van der Waals surface area contributed by atoms with Gasteiger partial charge in [-0.3, -0.25) is 9.69 Å². The van der Waals surface area contributed by atoms with Gasteiger partial charge >= 0.3 is 0 Å². The molecule has 0 fully saturated rings. The first-order chi connectivity index (χ1) is 14.1. The SMILES string of the molecule is CC(=O)N(c1cccc(C)c1)c1nc(CSc2ncn(-c3ccccc3)n2)cs1. The van der Waals surface area contributed by atoms with E-state index in [1.165, 1.54) is 23.1 Å². The minimum Gasteiger partial charge on any atom is -0.274 e. The third-order valence-corrected chi connectivity index (χ3v) is 5.91. The van der Waals surface area contributed by atoms with Crippen LogP contribution in [0.25, 0.3) is 5.69 Å². The summed E-state index contributed by atoms with van der Waals surface area (Å²) in [6.07, 6.45) is 1.71. The molecule has 0 bridgehead atoms. The van der Waals surface area contributed by atoms with Crippen molar-refractivity contribution in [2.75, 3.05) is 4.90 Å². The first-order valence-corrected chi connectivity index (χ1v) is 10.9. The molecule has 6 nitrogen and oxygen atoms in total. The number of amides is 1. The van der Waals surface area contributed by atoms with Gasteiger partial charge in [-0.15, -0.1) is 16.4 Å². The second-order valence-corrected chi connectivity index (χ2v) is 8.19. The molecule has 0 unspecified atom stereocenters. The van der Waals surface area contributed by atoms with Gasteiger partial charge < -0.3 is 0 Å². The van der Waals surface area contributed by atoms with Crippen LogP contribution in [0.5, 0.6) is 0 Å². The summed E-state index contributed by atoms with van der Waals surface area (Å²) in [7, 11) is 0. The lowest BCUT2D eigenvalue weighted by atomic mass is 10.2. The van der Waals surface area contributed by atoms with Crippen molar-refractivity contribution in [3.8, 4) is 5.69 Å². The van der Waals surface area contributed by atoms with Crippen LogP contribution in [0.3, 0.4) is 0 Å². The molecule has 0 aliphatic carbocycles. The summed E-state index contributed by atoms with van der Waals surface area (Å²) in [6.45, 7) is 3.56. The summed E-state index contributed by atoms with van der Waals surface area (Å²) < 4.78 is 1.75. The number of carbonyl (C=O) groups excluding carboxylic acids is 1. The quantitative estimate of drug-likeness (QED) is 0.410. The Morgan fingerprint density at radius 2 is 2.00 bits per heavy atom. The van der Waals surface area contributed by atoms with Gasteiger partial charge in [-0.2, -0.15) is 0 Å². The fourth-order valence-electron chi connectivity index (χ4n) is 2.82. The molecule has 0 aliphatic heterocycles. The third kappa shape index (κ3) is 4.55. The molecule has 146 valence electrons. The highest BCUT2D eigenvalue weighted by atomic mass is 32.2. The summed E-state index contributed by atoms with van der Waals surface area (Å²) in [4.78, 5) is 22.9. The largest absolute Gasteiger partial charge is 0.274 e. The van der Waals surface area contributed by atoms with Crippen LogP contribution in [0.15, 0.2) is 71.5 Å². The maximum atomic E-state index is 12.2. The highest BCUT2D eigenvalue weighted by Crippen LogP contribution is 2.31. The van der Waals surface area contributed by atoms with Gasteiger partial charge in [0.15, 0.2) is 5.13 Å². The van der Waals surface area contributed by atoms with Crippen molar-refractivity contribution < 1.29 is 4.79 Å². The van der Waals surface area contributed by atoms with E-state index in [0.717, 1.165) is 22.6 Å². The predicted molar refractivity (Wildman–Crippen MR) is 117 cm³/mol. The monoisotopic (exact) mass is 421 g/mol. The second kappa shape index (κ2) is 8.59. The van der Waals surface area contributed by atoms with Crippen LogP contribution < -0.4 is 4.90 Å². The van der Waals surface area contributed by atoms with E-state index in [0.29, 0.717) is 16.0 Å². The average Bonchev–Trinajstić information content (AvgIpc) is 3.37. The van der Waals surface area contributed by atoms with E-state index in [2.05, 4.69) is 15.1 Å². The number of anilines is 2. The molecule has 4 aromatic rings. The van der Waals surface area contributed by atoms with Crippen molar-refractivity contribution in [3.05, 3.63) is 77.6 Å². The average molecular weight is 422 g/mol. The zero-order valence-electron chi connectivity index (χ0n) is 16.0. The Bertz CT molecular complexity index is 1120. The first kappa shape index (κ1) is 19.4. The molecule has 0 aliphatic rings. The van der Waals surface area contributed by atoms with Crippen LogP contribution in [0.2, 0.25) is 0 Å². The number of nitrogens with zero attached hydrogens (tertiary/aromatic N) is 5. The fraction of sp³-hybridized carbons (Fsp3) is 0.143. The van der Waals surface area contributed by atoms with Crippen molar-refractivity contribution in [2.45, 2.75) is 24.8 Å². The van der Waals surface area contributed by atoms with E-state index in [4.69, 9.17) is 0 Å². The normalized spacial score (nSPS) is 10.8. The highest BCUT2D eigenvalue weighted by Gasteiger charge is 2.18. The number of thioether (sulfide) groups is 1. The molecule has 2 heterocycles. The number of para-hydroxylation sites is 1. The van der Waals surface area contributed by atoms with Gasteiger partial charge in [0.2, 0.25) is 11.1 Å². The zero-order valence-corrected chi connectivity index (χ0v) is 17.7. The van der Waals surface area contributed by atoms with E-state index in [-0.39, 0.29) is 5.91 Å². The molecule has 8 heteroatoms. The van der Waals surface area contributed by atoms with E-state index >= 15 is 0 Å². The number of carbonyl (C=O) groups is 1. The minimum absolute atomic E-state index is 0.0626. The molecule has 0 spiro atoms. The van der Waals surface area contributed by atoms with E-state index < -0.39 is 0 Å². The molecule has 1 amide bonds. The van der Waals surface area contributed by atoms with Crippen molar-refractivity contribution in [1.29, 1.82) is 0 Å². The second-order valence-electron chi connectivity index (χ2n) is 6.41. The van der Waals surface area contributed by atoms with Gasteiger partial charge in [0.25, 0.3) is 0 Å². The van der Waals surface area contributed by atoms with Gasteiger partial charge in [-0.25, -0.2) is 14.6 Å². The van der Waals surface area contributed by atoms with Gasteiger partial charge in [0.05, 0.1) is 17.1 Å². The lowest BCUT2D eigenvalue weighted by molar-refractivity contribution is -0.115. The number of benzene rings is 2. The summed E-state index contributed by atoms with van der Waals surface area (Å²) in [5.74, 6) is 0.571. The number of hydrogen-bond acceptors (Lipinski definition) is 6. The van der Waals surface area contributed by atoms with Crippen molar-refractivity contribution in [3.63, 3.8) is 0 Å². The molecule has 29 heavy (non-hydrogen) atoms. The van der Waals surface area contributed by atoms with Crippen LogP contribution in [0.4, 0.5) is 10.8 Å². The third-order valence-electron chi connectivity index (χ3n) is 4.15. The highest BCUT2D eigenvalue weighted by molar-refractivity contribution is 7.98. The number of aromatic nitrogens is 4. The molecule has 0 radical (unpaired) electrons. The van der Waals surface area contributed by atoms with Gasteiger partial charge in [-0.05, 0) is 36.8 Å². The topological polar surface area (TPSA) is 63.9 Å². The molecular formula is C21H19N5OS2. The van der Waals surface area contributed by atoms with Crippen LogP contribution >= 0.6 is 23.1 Å². The van der Waals surface area contributed by atoms with Crippen LogP contribution in [0.1, 0.15) is 18.2 Å². The molecule has 0 saturated carbocycles. The van der Waals surface area contributed by atoms with Crippen molar-refractivity contribution >= 4 is 39.8 Å². The Morgan fingerprint density at radius 1 is 1.17 bits per heavy atom. The van der Waals surface area contributed by atoms with Gasteiger partial charge in [0.1, 0.15) is 6.33 Å². The first-order valence-electron chi connectivity index (χ1n) is 9.02. The Kier molecular flexibility index (Phi) is 5.73. The summed E-state index contributed by atoms with van der Waals surface area (Å²) in [5.41, 5.74) is 3.79. The Labute approximate surface area is 177 Å². The smallest absolute Gasteiger partial charge is 0.230 e. The minimum atomic E-state index is -0.0626.